The second-order valence-electron chi connectivity index (χ2n) is 3.71. The molecule has 0 aliphatic carbocycles. The summed E-state index contributed by atoms with van der Waals surface area (Å²) >= 11 is 3.15. The summed E-state index contributed by atoms with van der Waals surface area (Å²) in [5.74, 6) is 0.0690. The third-order valence-corrected chi connectivity index (χ3v) is 2.62. The van der Waals surface area contributed by atoms with E-state index in [9.17, 15) is 4.79 Å². The molecule has 90 valence electrons. The van der Waals surface area contributed by atoms with Crippen molar-refractivity contribution in [3.63, 3.8) is 0 Å². The first-order chi connectivity index (χ1) is 8.15. The Kier molecular flexibility index (Phi) is 3.63. The smallest absolute Gasteiger partial charge is 0.287 e. The van der Waals surface area contributed by atoms with Gasteiger partial charge in [0.1, 0.15) is 0 Å². The fraction of sp³-hybridized carbons (Fsp3) is 0.273. The average Bonchev–Trinajstić information content (AvgIpc) is 2.89. The number of nitrogens with one attached hydrogen (secondary N) is 1. The fourth-order valence-corrected chi connectivity index (χ4v) is 1.77. The van der Waals surface area contributed by atoms with Gasteiger partial charge in [0, 0.05) is 18.4 Å². The van der Waals surface area contributed by atoms with Gasteiger partial charge in [-0.05, 0) is 41.1 Å². The van der Waals surface area contributed by atoms with Gasteiger partial charge in [0.05, 0.1) is 6.54 Å². The van der Waals surface area contributed by atoms with E-state index in [0.717, 1.165) is 0 Å². The highest BCUT2D eigenvalue weighted by molar-refractivity contribution is 9.10. The van der Waals surface area contributed by atoms with Crippen molar-refractivity contribution >= 4 is 21.8 Å². The highest BCUT2D eigenvalue weighted by Gasteiger charge is 2.13. The Balaban J connectivity index is 1.90. The second-order valence-corrected chi connectivity index (χ2v) is 4.49. The molecule has 0 saturated carbocycles. The molecule has 2 aromatic heterocycles. The second kappa shape index (κ2) is 5.18. The van der Waals surface area contributed by atoms with Crippen molar-refractivity contribution < 1.29 is 9.21 Å². The molecule has 6 heteroatoms. The van der Waals surface area contributed by atoms with Crippen LogP contribution in [0.15, 0.2) is 39.7 Å². The zero-order valence-electron chi connectivity index (χ0n) is 9.26. The molecule has 5 nitrogen and oxygen atoms in total. The van der Waals surface area contributed by atoms with Gasteiger partial charge >= 0.3 is 0 Å². The molecule has 2 heterocycles. The molecule has 0 aliphatic rings. The van der Waals surface area contributed by atoms with E-state index in [2.05, 4.69) is 26.3 Å². The number of hydrogen-bond donors (Lipinski definition) is 1. The van der Waals surface area contributed by atoms with Gasteiger partial charge in [-0.2, -0.15) is 5.10 Å². The first-order valence-corrected chi connectivity index (χ1v) is 5.98. The number of carbonyl (C=O) groups excluding carboxylic acids is 1. The third kappa shape index (κ3) is 3.20. The van der Waals surface area contributed by atoms with Gasteiger partial charge in [0.2, 0.25) is 0 Å². The van der Waals surface area contributed by atoms with Gasteiger partial charge in [-0.25, -0.2) is 0 Å². The first-order valence-electron chi connectivity index (χ1n) is 5.19. The minimum Gasteiger partial charge on any atom is -0.444 e. The van der Waals surface area contributed by atoms with E-state index in [0.29, 0.717) is 17.0 Å². The molecular formula is C11H12BrN3O2. The van der Waals surface area contributed by atoms with Crippen LogP contribution >= 0.6 is 15.9 Å². The molecule has 0 aliphatic heterocycles. The van der Waals surface area contributed by atoms with E-state index in [1.165, 1.54) is 0 Å². The molecule has 0 unspecified atom stereocenters. The Labute approximate surface area is 107 Å². The predicted molar refractivity (Wildman–Crippen MR) is 65.6 cm³/mol. The standard InChI is InChI=1S/C11H12BrN3O2/c1-8(7-15-6-2-5-13-15)14-11(16)9-3-4-10(12)17-9/h2-6,8H,7H2,1H3,(H,14,16)/t8-/m0/s1. The van der Waals surface area contributed by atoms with Gasteiger partial charge in [-0.1, -0.05) is 0 Å². The molecule has 0 saturated heterocycles. The summed E-state index contributed by atoms with van der Waals surface area (Å²) in [6.07, 6.45) is 3.56. The van der Waals surface area contributed by atoms with Gasteiger partial charge in [0.15, 0.2) is 10.4 Å². The van der Waals surface area contributed by atoms with E-state index in [4.69, 9.17) is 4.42 Å². The summed E-state index contributed by atoms with van der Waals surface area (Å²) in [5.41, 5.74) is 0. The number of carbonyl (C=O) groups is 1. The molecule has 0 fully saturated rings. The van der Waals surface area contributed by atoms with Crippen LogP contribution in [0, 0.1) is 0 Å². The van der Waals surface area contributed by atoms with Crippen LogP contribution in [0.2, 0.25) is 0 Å². The van der Waals surface area contributed by atoms with Crippen LogP contribution < -0.4 is 5.32 Å². The Morgan fingerprint density at radius 1 is 1.65 bits per heavy atom. The van der Waals surface area contributed by atoms with Crippen molar-refractivity contribution in [2.24, 2.45) is 0 Å². The average molecular weight is 298 g/mol. The van der Waals surface area contributed by atoms with Crippen LogP contribution in [0.3, 0.4) is 0 Å². The van der Waals surface area contributed by atoms with Crippen molar-refractivity contribution in [2.45, 2.75) is 19.5 Å². The molecule has 0 aromatic carbocycles. The van der Waals surface area contributed by atoms with Gasteiger partial charge in [-0.3, -0.25) is 9.48 Å². The van der Waals surface area contributed by atoms with E-state index >= 15 is 0 Å². The molecule has 2 aromatic rings. The topological polar surface area (TPSA) is 60.1 Å². The van der Waals surface area contributed by atoms with E-state index in [1.807, 2.05) is 19.2 Å². The van der Waals surface area contributed by atoms with E-state index in [-0.39, 0.29) is 11.9 Å². The van der Waals surface area contributed by atoms with Crippen molar-refractivity contribution in [3.05, 3.63) is 41.0 Å². The molecule has 0 radical (unpaired) electrons. The van der Waals surface area contributed by atoms with Gasteiger partial charge in [0.25, 0.3) is 5.91 Å². The van der Waals surface area contributed by atoms with Crippen LogP contribution in [-0.4, -0.2) is 21.7 Å². The monoisotopic (exact) mass is 297 g/mol. The predicted octanol–water partition coefficient (Wildman–Crippen LogP) is 2.06. The Hall–Kier alpha value is -1.56. The lowest BCUT2D eigenvalue weighted by atomic mass is 10.3. The zero-order chi connectivity index (χ0) is 12.3. The Bertz CT molecular complexity index is 493. The lowest BCUT2D eigenvalue weighted by Crippen LogP contribution is -2.35. The summed E-state index contributed by atoms with van der Waals surface area (Å²) in [5, 5.41) is 6.91. The number of rotatable bonds is 4. The number of aromatic nitrogens is 2. The van der Waals surface area contributed by atoms with Crippen LogP contribution in [0.5, 0.6) is 0 Å². The quantitative estimate of drug-likeness (QED) is 0.940. The third-order valence-electron chi connectivity index (χ3n) is 2.19. The maximum absolute atomic E-state index is 11.7. The van der Waals surface area contributed by atoms with Crippen LogP contribution in [0.4, 0.5) is 0 Å². The van der Waals surface area contributed by atoms with Crippen molar-refractivity contribution in [1.82, 2.24) is 15.1 Å². The van der Waals surface area contributed by atoms with Crippen LogP contribution in [-0.2, 0) is 6.54 Å². The molecular weight excluding hydrogens is 286 g/mol. The molecule has 1 amide bonds. The summed E-state index contributed by atoms with van der Waals surface area (Å²) in [6.45, 7) is 2.54. The largest absolute Gasteiger partial charge is 0.444 e. The molecule has 1 N–H and O–H groups in total. The first kappa shape index (κ1) is 11.9. The van der Waals surface area contributed by atoms with Crippen molar-refractivity contribution in [1.29, 1.82) is 0 Å². The van der Waals surface area contributed by atoms with E-state index < -0.39 is 0 Å². The van der Waals surface area contributed by atoms with Gasteiger partial charge < -0.3 is 9.73 Å². The maximum atomic E-state index is 11.7. The van der Waals surface area contributed by atoms with Crippen molar-refractivity contribution in [2.75, 3.05) is 0 Å². The van der Waals surface area contributed by atoms with Gasteiger partial charge in [-0.15, -0.1) is 0 Å². The lowest BCUT2D eigenvalue weighted by molar-refractivity contribution is 0.0906. The summed E-state index contributed by atoms with van der Waals surface area (Å²) < 4.78 is 7.47. The number of amides is 1. The summed E-state index contributed by atoms with van der Waals surface area (Å²) in [7, 11) is 0. The SMILES string of the molecule is C[C@@H](Cn1cccn1)NC(=O)c1ccc(Br)o1. The van der Waals surface area contributed by atoms with Crippen molar-refractivity contribution in [3.8, 4) is 0 Å². The minimum absolute atomic E-state index is 0.0220. The normalized spacial score (nSPS) is 12.4. The van der Waals surface area contributed by atoms with Crippen LogP contribution in [0.25, 0.3) is 0 Å². The summed E-state index contributed by atoms with van der Waals surface area (Å²) in [4.78, 5) is 11.7. The molecule has 2 rings (SSSR count). The molecule has 1 atom stereocenters. The van der Waals surface area contributed by atoms with Crippen LogP contribution in [0.1, 0.15) is 17.5 Å². The highest BCUT2D eigenvalue weighted by Crippen LogP contribution is 2.13. The maximum Gasteiger partial charge on any atom is 0.287 e. The number of nitrogens with zero attached hydrogens (tertiary/aromatic N) is 2. The fourth-order valence-electron chi connectivity index (χ4n) is 1.47. The number of hydrogen-bond acceptors (Lipinski definition) is 3. The molecule has 0 spiro atoms. The molecule has 17 heavy (non-hydrogen) atoms. The van der Waals surface area contributed by atoms with E-state index in [1.54, 1.807) is 23.0 Å². The molecule has 0 bridgehead atoms. The summed E-state index contributed by atoms with van der Waals surface area (Å²) in [6, 6.07) is 5.14. The highest BCUT2D eigenvalue weighted by atomic mass is 79.9. The Morgan fingerprint density at radius 2 is 2.47 bits per heavy atom. The zero-order valence-corrected chi connectivity index (χ0v) is 10.8. The minimum atomic E-state index is -0.227. The number of halogens is 1. The number of furan rings is 1. The Morgan fingerprint density at radius 3 is 3.06 bits per heavy atom. The lowest BCUT2D eigenvalue weighted by Gasteiger charge is -2.12.